The molecule has 0 spiro atoms. The van der Waals surface area contributed by atoms with Crippen molar-refractivity contribution in [1.82, 2.24) is 34.4 Å². The van der Waals surface area contributed by atoms with E-state index in [0.29, 0.717) is 47.8 Å². The number of nitrogens with zero attached hydrogens (tertiary/aromatic N) is 7. The van der Waals surface area contributed by atoms with Gasteiger partial charge < -0.3 is 40.0 Å². The number of benzene rings is 1. The fourth-order valence-corrected chi connectivity index (χ4v) is 5.64. The van der Waals surface area contributed by atoms with E-state index in [1.54, 1.807) is 27.7 Å². The van der Waals surface area contributed by atoms with E-state index in [4.69, 9.17) is 30.0 Å². The van der Waals surface area contributed by atoms with E-state index in [-0.39, 0.29) is 5.91 Å². The molecule has 0 bridgehead atoms. The van der Waals surface area contributed by atoms with Gasteiger partial charge in [-0.05, 0) is 25.0 Å². The first-order valence-corrected chi connectivity index (χ1v) is 14.0. The molecular weight excluding hydrogens is 540 g/mol. The van der Waals surface area contributed by atoms with Gasteiger partial charge >= 0.3 is 0 Å². The molecule has 14 nitrogen and oxygen atoms in total. The Kier molecular flexibility index (Phi) is 7.71. The molecule has 14 heteroatoms. The Morgan fingerprint density at radius 1 is 1.10 bits per heavy atom. The number of piperazine rings is 1. The quantitative estimate of drug-likeness (QED) is 0.252. The fourth-order valence-electron chi connectivity index (χ4n) is 5.64. The van der Waals surface area contributed by atoms with Crippen molar-refractivity contribution in [2.24, 2.45) is 5.73 Å². The normalized spacial score (nSPS) is 17.5. The van der Waals surface area contributed by atoms with Crippen LogP contribution in [0.3, 0.4) is 0 Å². The van der Waals surface area contributed by atoms with Gasteiger partial charge in [0.25, 0.3) is 0 Å². The first-order valence-electron chi connectivity index (χ1n) is 14.0. The Hall–Kier alpha value is -4.56. The minimum absolute atomic E-state index is 0.372. The van der Waals surface area contributed by atoms with Gasteiger partial charge in [0, 0.05) is 51.4 Å². The number of imidazole rings is 1. The maximum absolute atomic E-state index is 12.2. The van der Waals surface area contributed by atoms with Crippen molar-refractivity contribution in [3.8, 4) is 22.9 Å². The van der Waals surface area contributed by atoms with Crippen LogP contribution in [0.4, 0.5) is 17.6 Å². The first-order chi connectivity index (χ1) is 20.5. The number of rotatable bonds is 10. The SMILES string of the molecule is COc1cc(-n2cnc(Nc3nc(N4CCCC4C(N)=O)nn4c(CN5CCNCC5)ccc34)c2)cc(OC)c1OC. The Morgan fingerprint density at radius 3 is 2.55 bits per heavy atom. The van der Waals surface area contributed by atoms with Gasteiger partial charge in [-0.15, -0.1) is 5.10 Å². The third-order valence-corrected chi connectivity index (χ3v) is 7.79. The summed E-state index contributed by atoms with van der Waals surface area (Å²) in [6.07, 6.45) is 5.07. The van der Waals surface area contributed by atoms with Crippen LogP contribution in [0, 0.1) is 0 Å². The molecule has 4 N–H and O–H groups in total. The first kappa shape index (κ1) is 27.6. The number of ether oxygens (including phenoxy) is 3. The largest absolute Gasteiger partial charge is 0.493 e. The van der Waals surface area contributed by atoms with Crippen LogP contribution in [0.2, 0.25) is 0 Å². The van der Waals surface area contributed by atoms with Gasteiger partial charge in [0.15, 0.2) is 17.3 Å². The molecule has 0 saturated carbocycles. The second-order valence-corrected chi connectivity index (χ2v) is 10.3. The van der Waals surface area contributed by atoms with Gasteiger partial charge in [-0.2, -0.15) is 4.98 Å². The predicted octanol–water partition coefficient (Wildman–Crippen LogP) is 1.54. The number of aromatic nitrogens is 5. The summed E-state index contributed by atoms with van der Waals surface area (Å²) >= 11 is 0. The summed E-state index contributed by atoms with van der Waals surface area (Å²) in [6.45, 7) is 5.25. The second-order valence-electron chi connectivity index (χ2n) is 10.3. The van der Waals surface area contributed by atoms with Crippen LogP contribution < -0.4 is 35.5 Å². The lowest BCUT2D eigenvalue weighted by Crippen LogP contribution is -2.43. The smallest absolute Gasteiger partial charge is 0.246 e. The molecular formula is C28H36N10O4. The maximum Gasteiger partial charge on any atom is 0.246 e. The molecule has 2 aliphatic heterocycles. The monoisotopic (exact) mass is 576 g/mol. The maximum atomic E-state index is 12.2. The zero-order chi connectivity index (χ0) is 29.2. The van der Waals surface area contributed by atoms with Crippen molar-refractivity contribution in [2.45, 2.75) is 25.4 Å². The van der Waals surface area contributed by atoms with Crippen molar-refractivity contribution in [3.05, 3.63) is 42.5 Å². The highest BCUT2D eigenvalue weighted by Crippen LogP contribution is 2.39. The Morgan fingerprint density at radius 2 is 1.86 bits per heavy atom. The fraction of sp³-hybridized carbons (Fsp3) is 0.429. The number of primary amides is 1. The lowest BCUT2D eigenvalue weighted by molar-refractivity contribution is -0.119. The van der Waals surface area contributed by atoms with Crippen molar-refractivity contribution >= 4 is 29.0 Å². The van der Waals surface area contributed by atoms with E-state index in [1.807, 2.05) is 38.4 Å². The van der Waals surface area contributed by atoms with E-state index >= 15 is 0 Å². The van der Waals surface area contributed by atoms with Gasteiger partial charge in [-0.3, -0.25) is 9.69 Å². The van der Waals surface area contributed by atoms with Crippen molar-refractivity contribution < 1.29 is 19.0 Å². The summed E-state index contributed by atoms with van der Waals surface area (Å²) in [4.78, 5) is 26.0. The van der Waals surface area contributed by atoms with Crippen molar-refractivity contribution in [2.75, 3.05) is 64.3 Å². The average molecular weight is 577 g/mol. The Bertz CT molecular complexity index is 1550. The molecule has 2 saturated heterocycles. The van der Waals surface area contributed by atoms with E-state index < -0.39 is 6.04 Å². The Labute approximate surface area is 243 Å². The van der Waals surface area contributed by atoms with E-state index in [0.717, 1.165) is 56.0 Å². The Balaban J connectivity index is 1.36. The topological polar surface area (TPSA) is 149 Å². The number of hydrogen-bond donors (Lipinski definition) is 3. The highest BCUT2D eigenvalue weighted by atomic mass is 16.5. The third kappa shape index (κ3) is 5.25. The predicted molar refractivity (Wildman–Crippen MR) is 157 cm³/mol. The molecule has 42 heavy (non-hydrogen) atoms. The van der Waals surface area contributed by atoms with Crippen molar-refractivity contribution in [1.29, 1.82) is 0 Å². The number of fused-ring (bicyclic) bond motifs is 1. The molecule has 2 aliphatic rings. The minimum Gasteiger partial charge on any atom is -0.493 e. The molecule has 3 aromatic heterocycles. The van der Waals surface area contributed by atoms with Gasteiger partial charge in [0.1, 0.15) is 23.7 Å². The summed E-state index contributed by atoms with van der Waals surface area (Å²) in [5.74, 6) is 2.83. The van der Waals surface area contributed by atoms with Crippen LogP contribution in [-0.4, -0.2) is 95.1 Å². The lowest BCUT2D eigenvalue weighted by atomic mass is 10.2. The van der Waals surface area contributed by atoms with E-state index in [1.165, 1.54) is 0 Å². The summed E-state index contributed by atoms with van der Waals surface area (Å²) in [5.41, 5.74) is 8.36. The number of carbonyl (C=O) groups excluding carboxylic acids is 1. The zero-order valence-electron chi connectivity index (χ0n) is 24.0. The van der Waals surface area contributed by atoms with Gasteiger partial charge in [0.05, 0.1) is 38.9 Å². The van der Waals surface area contributed by atoms with Gasteiger partial charge in [0.2, 0.25) is 17.6 Å². The van der Waals surface area contributed by atoms with Crippen LogP contribution in [0.5, 0.6) is 17.2 Å². The molecule has 0 radical (unpaired) electrons. The number of amides is 1. The van der Waals surface area contributed by atoms with Crippen LogP contribution in [0.1, 0.15) is 18.5 Å². The minimum atomic E-state index is -0.443. The molecule has 5 heterocycles. The molecule has 1 aromatic carbocycles. The molecule has 6 rings (SSSR count). The molecule has 1 atom stereocenters. The van der Waals surface area contributed by atoms with E-state index in [2.05, 4.69) is 26.6 Å². The number of hydrogen-bond acceptors (Lipinski definition) is 11. The zero-order valence-corrected chi connectivity index (χ0v) is 24.0. The molecule has 1 unspecified atom stereocenters. The highest BCUT2D eigenvalue weighted by molar-refractivity contribution is 5.84. The van der Waals surface area contributed by atoms with E-state index in [9.17, 15) is 4.79 Å². The van der Waals surface area contributed by atoms with Crippen LogP contribution >= 0.6 is 0 Å². The number of carbonyl (C=O) groups is 1. The summed E-state index contributed by atoms with van der Waals surface area (Å²) in [7, 11) is 4.73. The summed E-state index contributed by atoms with van der Waals surface area (Å²) < 4.78 is 20.3. The molecule has 222 valence electrons. The van der Waals surface area contributed by atoms with Gasteiger partial charge in [-0.25, -0.2) is 9.50 Å². The second kappa shape index (κ2) is 11.7. The van der Waals surface area contributed by atoms with Crippen molar-refractivity contribution in [3.63, 3.8) is 0 Å². The van der Waals surface area contributed by atoms with Crippen LogP contribution in [0.15, 0.2) is 36.8 Å². The van der Waals surface area contributed by atoms with Crippen LogP contribution in [-0.2, 0) is 11.3 Å². The summed E-state index contributed by atoms with van der Waals surface area (Å²) in [6, 6.07) is 7.34. The van der Waals surface area contributed by atoms with Crippen LogP contribution in [0.25, 0.3) is 11.2 Å². The lowest BCUT2D eigenvalue weighted by Gasteiger charge is -2.27. The summed E-state index contributed by atoms with van der Waals surface area (Å²) in [5, 5.41) is 11.7. The third-order valence-electron chi connectivity index (χ3n) is 7.79. The standard InChI is InChI=1S/C28H36N10O4/c1-40-22-13-19(14-23(41-2)25(22)42-3)36-16-24(31-17-36)32-27-21-7-6-18(15-35-11-8-30-9-12-35)38(21)34-28(33-27)37-10-4-5-20(37)26(29)39/h6-7,13-14,16-17,20,30H,4-5,8-12,15H2,1-3H3,(H2,29,39)(H,32,33,34). The number of anilines is 3. The highest BCUT2D eigenvalue weighted by Gasteiger charge is 2.32. The average Bonchev–Trinajstić information content (AvgIpc) is 3.77. The number of methoxy groups -OCH3 is 3. The molecule has 0 aliphatic carbocycles. The molecule has 4 aromatic rings. The van der Waals surface area contributed by atoms with Gasteiger partial charge in [-0.1, -0.05) is 0 Å². The molecule has 1 amide bonds. The number of nitrogens with one attached hydrogen (secondary N) is 2. The number of nitrogens with two attached hydrogens (primary N) is 1. The molecule has 2 fully saturated rings.